The van der Waals surface area contributed by atoms with Crippen molar-refractivity contribution in [3.05, 3.63) is 46.8 Å². The van der Waals surface area contributed by atoms with E-state index in [0.29, 0.717) is 30.1 Å². The molecule has 0 bridgehead atoms. The van der Waals surface area contributed by atoms with Crippen LogP contribution in [0.5, 0.6) is 5.75 Å². The number of thiophene rings is 1. The lowest BCUT2D eigenvalue weighted by molar-refractivity contribution is -0.124. The molecule has 3 rings (SSSR count). The molecule has 164 valence electrons. The van der Waals surface area contributed by atoms with E-state index >= 15 is 0 Å². The van der Waals surface area contributed by atoms with Crippen LogP contribution in [0, 0.1) is 6.92 Å². The van der Waals surface area contributed by atoms with Gasteiger partial charge in [-0.25, -0.2) is 8.42 Å². The summed E-state index contributed by atoms with van der Waals surface area (Å²) in [5.74, 6) is 0.537. The predicted molar refractivity (Wildman–Crippen MR) is 120 cm³/mol. The number of carbonyl (C=O) groups excluding carboxylic acids is 1. The minimum atomic E-state index is -3.42. The molecule has 1 saturated heterocycles. The summed E-state index contributed by atoms with van der Waals surface area (Å²) in [5, 5.41) is 4.75. The van der Waals surface area contributed by atoms with Gasteiger partial charge in [-0.05, 0) is 48.3 Å². The van der Waals surface area contributed by atoms with Gasteiger partial charge in [0.25, 0.3) is 15.9 Å². The SMILES string of the molecule is Cc1ccc(OCC(=O)NC2CCN(S(=O)(=O)c3cccs3)CC2)c(C(C)(C)C)c1. The van der Waals surface area contributed by atoms with Crippen molar-refractivity contribution in [2.75, 3.05) is 19.7 Å². The van der Waals surface area contributed by atoms with Crippen molar-refractivity contribution in [3.8, 4) is 5.75 Å². The van der Waals surface area contributed by atoms with Crippen LogP contribution in [0.25, 0.3) is 0 Å². The Morgan fingerprint density at radius 2 is 1.93 bits per heavy atom. The van der Waals surface area contributed by atoms with E-state index in [2.05, 4.69) is 32.2 Å². The first kappa shape index (κ1) is 22.8. The topological polar surface area (TPSA) is 75.7 Å². The van der Waals surface area contributed by atoms with Crippen LogP contribution in [0.2, 0.25) is 0 Å². The van der Waals surface area contributed by atoms with Crippen molar-refractivity contribution in [2.24, 2.45) is 0 Å². The van der Waals surface area contributed by atoms with Crippen molar-refractivity contribution in [3.63, 3.8) is 0 Å². The average molecular weight is 451 g/mol. The molecule has 0 aliphatic carbocycles. The Bertz CT molecular complexity index is 971. The molecule has 0 unspecified atom stereocenters. The Morgan fingerprint density at radius 3 is 2.53 bits per heavy atom. The fourth-order valence-electron chi connectivity index (χ4n) is 3.55. The van der Waals surface area contributed by atoms with Crippen molar-refractivity contribution >= 4 is 27.3 Å². The smallest absolute Gasteiger partial charge is 0.258 e. The van der Waals surface area contributed by atoms with E-state index in [1.807, 2.05) is 19.1 Å². The maximum Gasteiger partial charge on any atom is 0.258 e. The van der Waals surface area contributed by atoms with Crippen LogP contribution >= 0.6 is 11.3 Å². The van der Waals surface area contributed by atoms with Crippen LogP contribution in [0.3, 0.4) is 0 Å². The van der Waals surface area contributed by atoms with E-state index in [1.54, 1.807) is 17.5 Å². The van der Waals surface area contributed by atoms with Gasteiger partial charge in [-0.15, -0.1) is 11.3 Å². The number of nitrogens with zero attached hydrogens (tertiary/aromatic N) is 1. The van der Waals surface area contributed by atoms with E-state index in [4.69, 9.17) is 4.74 Å². The minimum Gasteiger partial charge on any atom is -0.483 e. The van der Waals surface area contributed by atoms with Crippen LogP contribution in [0.15, 0.2) is 39.9 Å². The first-order valence-corrected chi connectivity index (χ1v) is 12.5. The Kier molecular flexibility index (Phi) is 6.89. The number of ether oxygens (including phenoxy) is 1. The van der Waals surface area contributed by atoms with Gasteiger partial charge in [-0.3, -0.25) is 4.79 Å². The Balaban J connectivity index is 1.52. The van der Waals surface area contributed by atoms with Gasteiger partial charge >= 0.3 is 0 Å². The summed E-state index contributed by atoms with van der Waals surface area (Å²) in [7, 11) is -3.42. The van der Waals surface area contributed by atoms with Gasteiger partial charge in [0.05, 0.1) is 0 Å². The van der Waals surface area contributed by atoms with Crippen molar-refractivity contribution < 1.29 is 17.9 Å². The molecular weight excluding hydrogens is 420 g/mol. The second kappa shape index (κ2) is 9.08. The molecule has 0 spiro atoms. The lowest BCUT2D eigenvalue weighted by Crippen LogP contribution is -2.47. The number of benzene rings is 1. The number of aryl methyl sites for hydroxylation is 1. The molecule has 2 aromatic rings. The van der Waals surface area contributed by atoms with Gasteiger partial charge in [-0.1, -0.05) is 44.5 Å². The number of nitrogens with one attached hydrogen (secondary N) is 1. The van der Waals surface area contributed by atoms with Crippen LogP contribution in [-0.4, -0.2) is 44.4 Å². The number of hydrogen-bond donors (Lipinski definition) is 1. The molecule has 6 nitrogen and oxygen atoms in total. The third-order valence-electron chi connectivity index (χ3n) is 5.21. The van der Waals surface area contributed by atoms with E-state index in [9.17, 15) is 13.2 Å². The summed E-state index contributed by atoms with van der Waals surface area (Å²) in [6, 6.07) is 9.31. The number of hydrogen-bond acceptors (Lipinski definition) is 5. The van der Waals surface area contributed by atoms with Gasteiger partial charge in [0.15, 0.2) is 6.61 Å². The summed E-state index contributed by atoms with van der Waals surface area (Å²) >= 11 is 1.23. The lowest BCUT2D eigenvalue weighted by Gasteiger charge is -2.31. The molecule has 8 heteroatoms. The van der Waals surface area contributed by atoms with Crippen LogP contribution in [-0.2, 0) is 20.2 Å². The molecule has 1 fully saturated rings. The molecule has 1 aromatic carbocycles. The fraction of sp³-hybridized carbons (Fsp3) is 0.500. The second-order valence-corrected chi connectivity index (χ2v) is 11.8. The van der Waals surface area contributed by atoms with Crippen molar-refractivity contribution in [1.82, 2.24) is 9.62 Å². The molecule has 0 radical (unpaired) electrons. The molecule has 1 N–H and O–H groups in total. The van der Waals surface area contributed by atoms with Crippen molar-refractivity contribution in [2.45, 2.75) is 56.2 Å². The maximum atomic E-state index is 12.6. The molecular formula is C22H30N2O4S2. The number of rotatable bonds is 6. The van der Waals surface area contributed by atoms with Gasteiger partial charge in [0.2, 0.25) is 0 Å². The predicted octanol–water partition coefficient (Wildman–Crippen LogP) is 3.70. The highest BCUT2D eigenvalue weighted by atomic mass is 32.2. The van der Waals surface area contributed by atoms with Crippen molar-refractivity contribution in [1.29, 1.82) is 0 Å². The Hall–Kier alpha value is -1.90. The molecule has 0 atom stereocenters. The Labute approximate surface area is 183 Å². The van der Waals surface area contributed by atoms with E-state index in [1.165, 1.54) is 15.6 Å². The molecule has 1 aliphatic rings. The highest BCUT2D eigenvalue weighted by molar-refractivity contribution is 7.91. The van der Waals surface area contributed by atoms with E-state index < -0.39 is 10.0 Å². The number of piperidine rings is 1. The van der Waals surface area contributed by atoms with Crippen LogP contribution in [0.1, 0.15) is 44.7 Å². The summed E-state index contributed by atoms with van der Waals surface area (Å²) in [6.45, 7) is 9.14. The largest absolute Gasteiger partial charge is 0.483 e. The highest BCUT2D eigenvalue weighted by Gasteiger charge is 2.30. The zero-order valence-corrected chi connectivity index (χ0v) is 19.6. The van der Waals surface area contributed by atoms with E-state index in [-0.39, 0.29) is 24.0 Å². The summed E-state index contributed by atoms with van der Waals surface area (Å²) in [6.07, 6.45) is 1.18. The zero-order chi connectivity index (χ0) is 21.9. The van der Waals surface area contributed by atoms with Gasteiger partial charge in [0, 0.05) is 19.1 Å². The maximum absolute atomic E-state index is 12.6. The molecule has 1 aromatic heterocycles. The average Bonchev–Trinajstić information content (AvgIpc) is 3.22. The molecule has 1 amide bonds. The van der Waals surface area contributed by atoms with Gasteiger partial charge in [0.1, 0.15) is 9.96 Å². The normalized spacial score (nSPS) is 16.4. The first-order chi connectivity index (χ1) is 14.1. The number of sulfonamides is 1. The highest BCUT2D eigenvalue weighted by Crippen LogP contribution is 2.32. The quantitative estimate of drug-likeness (QED) is 0.728. The zero-order valence-electron chi connectivity index (χ0n) is 18.0. The third-order valence-corrected chi connectivity index (χ3v) is 8.48. The lowest BCUT2D eigenvalue weighted by atomic mass is 9.85. The third kappa shape index (κ3) is 5.42. The Morgan fingerprint density at radius 1 is 1.23 bits per heavy atom. The fourth-order valence-corrected chi connectivity index (χ4v) is 6.16. The van der Waals surface area contributed by atoms with Crippen LogP contribution in [0.4, 0.5) is 0 Å². The van der Waals surface area contributed by atoms with Gasteiger partial charge < -0.3 is 10.1 Å². The van der Waals surface area contributed by atoms with Gasteiger partial charge in [-0.2, -0.15) is 4.31 Å². The molecule has 2 heterocycles. The first-order valence-electron chi connectivity index (χ1n) is 10.1. The monoisotopic (exact) mass is 450 g/mol. The summed E-state index contributed by atoms with van der Waals surface area (Å²) in [5.41, 5.74) is 2.14. The van der Waals surface area contributed by atoms with E-state index in [0.717, 1.165) is 16.9 Å². The van der Waals surface area contributed by atoms with Crippen LogP contribution < -0.4 is 10.1 Å². The minimum absolute atomic E-state index is 0.0454. The number of carbonyl (C=O) groups is 1. The molecule has 1 aliphatic heterocycles. The standard InChI is InChI=1S/C22H30N2O4S2/c1-16-7-8-19(18(14-16)22(2,3)4)28-15-20(25)23-17-9-11-24(12-10-17)30(26,27)21-6-5-13-29-21/h5-8,13-14,17H,9-12,15H2,1-4H3,(H,23,25). The molecule has 0 saturated carbocycles. The number of amides is 1. The summed E-state index contributed by atoms with van der Waals surface area (Å²) < 4.78 is 32.9. The summed E-state index contributed by atoms with van der Waals surface area (Å²) in [4.78, 5) is 12.4. The molecule has 30 heavy (non-hydrogen) atoms. The second-order valence-electron chi connectivity index (χ2n) is 8.72.